The van der Waals surface area contributed by atoms with Gasteiger partial charge in [-0.3, -0.25) is 4.79 Å². The SMILES string of the molecule is COc1ccc(C2CCN(C(=O)C3CCCC3O)C2)cc1. The standard InChI is InChI=1S/C17H23NO3/c1-21-14-7-5-12(6-8-14)13-9-10-18(11-13)17(20)15-3-2-4-16(15)19/h5-8,13,15-16,19H,2-4,9-11H2,1H3. The molecule has 0 spiro atoms. The van der Waals surface area contributed by atoms with Crippen molar-refractivity contribution >= 4 is 5.91 Å². The molecule has 1 saturated heterocycles. The number of likely N-dealkylation sites (tertiary alicyclic amines) is 1. The minimum atomic E-state index is -0.433. The van der Waals surface area contributed by atoms with Crippen molar-refractivity contribution in [2.24, 2.45) is 5.92 Å². The first-order valence-corrected chi connectivity index (χ1v) is 7.80. The van der Waals surface area contributed by atoms with Gasteiger partial charge in [0, 0.05) is 19.0 Å². The summed E-state index contributed by atoms with van der Waals surface area (Å²) in [6.07, 6.45) is 3.14. The van der Waals surface area contributed by atoms with Crippen LogP contribution in [-0.4, -0.2) is 42.2 Å². The van der Waals surface area contributed by atoms with Crippen LogP contribution >= 0.6 is 0 Å². The summed E-state index contributed by atoms with van der Waals surface area (Å²) >= 11 is 0. The van der Waals surface area contributed by atoms with Crippen molar-refractivity contribution in [1.82, 2.24) is 4.90 Å². The lowest BCUT2D eigenvalue weighted by Crippen LogP contribution is -2.37. The predicted molar refractivity (Wildman–Crippen MR) is 80.3 cm³/mol. The summed E-state index contributed by atoms with van der Waals surface area (Å²) in [5.41, 5.74) is 1.26. The molecule has 1 aromatic rings. The van der Waals surface area contributed by atoms with Crippen LogP contribution < -0.4 is 4.74 Å². The molecule has 1 aliphatic heterocycles. The highest BCUT2D eigenvalue weighted by Gasteiger charge is 2.37. The smallest absolute Gasteiger partial charge is 0.228 e. The molecule has 21 heavy (non-hydrogen) atoms. The van der Waals surface area contributed by atoms with Gasteiger partial charge in [-0.25, -0.2) is 0 Å². The molecule has 3 atom stereocenters. The molecule has 2 fully saturated rings. The maximum Gasteiger partial charge on any atom is 0.228 e. The van der Waals surface area contributed by atoms with Crippen molar-refractivity contribution in [1.29, 1.82) is 0 Å². The molecular weight excluding hydrogens is 266 g/mol. The Morgan fingerprint density at radius 1 is 1.24 bits per heavy atom. The third-order valence-corrected chi connectivity index (χ3v) is 4.88. The second-order valence-electron chi connectivity index (χ2n) is 6.15. The molecule has 1 saturated carbocycles. The first-order valence-electron chi connectivity index (χ1n) is 7.80. The molecule has 1 heterocycles. The first kappa shape index (κ1) is 14.4. The van der Waals surface area contributed by atoms with Crippen LogP contribution in [0.2, 0.25) is 0 Å². The molecule has 0 radical (unpaired) electrons. The molecular formula is C17H23NO3. The summed E-state index contributed by atoms with van der Waals surface area (Å²) < 4.78 is 5.18. The van der Waals surface area contributed by atoms with Gasteiger partial charge in [0.15, 0.2) is 0 Å². The maximum absolute atomic E-state index is 12.5. The Balaban J connectivity index is 1.63. The summed E-state index contributed by atoms with van der Waals surface area (Å²) in [4.78, 5) is 14.4. The van der Waals surface area contributed by atoms with Crippen molar-refractivity contribution in [3.8, 4) is 5.75 Å². The highest BCUT2D eigenvalue weighted by atomic mass is 16.5. The number of hydrogen-bond acceptors (Lipinski definition) is 3. The van der Waals surface area contributed by atoms with Crippen LogP contribution in [0.3, 0.4) is 0 Å². The van der Waals surface area contributed by atoms with Crippen LogP contribution in [0.25, 0.3) is 0 Å². The molecule has 1 aromatic carbocycles. The average molecular weight is 289 g/mol. The van der Waals surface area contributed by atoms with E-state index >= 15 is 0 Å². The zero-order chi connectivity index (χ0) is 14.8. The Bertz CT molecular complexity index is 499. The van der Waals surface area contributed by atoms with E-state index in [1.165, 1.54) is 5.56 Å². The quantitative estimate of drug-likeness (QED) is 0.928. The van der Waals surface area contributed by atoms with Gasteiger partial charge in [-0.05, 0) is 43.4 Å². The van der Waals surface area contributed by atoms with Crippen LogP contribution in [0.15, 0.2) is 24.3 Å². The van der Waals surface area contributed by atoms with E-state index in [1.807, 2.05) is 17.0 Å². The van der Waals surface area contributed by atoms with Gasteiger partial charge in [0.05, 0.1) is 19.1 Å². The van der Waals surface area contributed by atoms with Crippen LogP contribution in [0, 0.1) is 5.92 Å². The molecule has 1 N–H and O–H groups in total. The Hall–Kier alpha value is -1.55. The number of carbonyl (C=O) groups is 1. The normalized spacial score (nSPS) is 28.9. The molecule has 3 unspecified atom stereocenters. The number of hydrogen-bond donors (Lipinski definition) is 1. The molecule has 1 amide bonds. The lowest BCUT2D eigenvalue weighted by Gasteiger charge is -2.22. The number of methoxy groups -OCH3 is 1. The van der Waals surface area contributed by atoms with Gasteiger partial charge >= 0.3 is 0 Å². The maximum atomic E-state index is 12.5. The summed E-state index contributed by atoms with van der Waals surface area (Å²) in [6, 6.07) is 8.12. The zero-order valence-corrected chi connectivity index (χ0v) is 12.5. The summed E-state index contributed by atoms with van der Waals surface area (Å²) in [7, 11) is 1.66. The lowest BCUT2D eigenvalue weighted by molar-refractivity contribution is -0.137. The van der Waals surface area contributed by atoms with Crippen LogP contribution in [0.1, 0.15) is 37.2 Å². The van der Waals surface area contributed by atoms with Crippen LogP contribution in [0.4, 0.5) is 0 Å². The van der Waals surface area contributed by atoms with Gasteiger partial charge in [0.2, 0.25) is 5.91 Å². The second kappa shape index (κ2) is 6.06. The van der Waals surface area contributed by atoms with Gasteiger partial charge in [-0.1, -0.05) is 12.1 Å². The monoisotopic (exact) mass is 289 g/mol. The predicted octanol–water partition coefficient (Wildman–Crippen LogP) is 2.17. The van der Waals surface area contributed by atoms with Gasteiger partial charge < -0.3 is 14.7 Å². The summed E-state index contributed by atoms with van der Waals surface area (Å²) in [5.74, 6) is 1.24. The van der Waals surface area contributed by atoms with Crippen molar-refractivity contribution in [2.75, 3.05) is 20.2 Å². The van der Waals surface area contributed by atoms with E-state index in [1.54, 1.807) is 7.11 Å². The number of ether oxygens (including phenoxy) is 1. The van der Waals surface area contributed by atoms with E-state index in [-0.39, 0.29) is 11.8 Å². The van der Waals surface area contributed by atoms with Gasteiger partial charge in [-0.2, -0.15) is 0 Å². The van der Waals surface area contributed by atoms with E-state index in [0.29, 0.717) is 5.92 Å². The molecule has 3 rings (SSSR count). The number of aliphatic hydroxyl groups is 1. The first-order chi connectivity index (χ1) is 10.2. The number of carbonyl (C=O) groups excluding carboxylic acids is 1. The fraction of sp³-hybridized carbons (Fsp3) is 0.588. The van der Waals surface area contributed by atoms with Crippen LogP contribution in [0.5, 0.6) is 5.75 Å². The molecule has 114 valence electrons. The molecule has 0 aromatic heterocycles. The van der Waals surface area contributed by atoms with E-state index in [0.717, 1.165) is 44.5 Å². The molecule has 0 bridgehead atoms. The van der Waals surface area contributed by atoms with Crippen molar-refractivity contribution < 1.29 is 14.6 Å². The molecule has 4 heteroatoms. The minimum Gasteiger partial charge on any atom is -0.497 e. The van der Waals surface area contributed by atoms with E-state index in [2.05, 4.69) is 12.1 Å². The Labute approximate surface area is 125 Å². The minimum absolute atomic E-state index is 0.149. The summed E-state index contributed by atoms with van der Waals surface area (Å²) in [5, 5.41) is 9.90. The Kier molecular flexibility index (Phi) is 4.15. The van der Waals surface area contributed by atoms with Gasteiger partial charge in [0.25, 0.3) is 0 Å². The van der Waals surface area contributed by atoms with Crippen molar-refractivity contribution in [3.63, 3.8) is 0 Å². The lowest BCUT2D eigenvalue weighted by atomic mass is 9.98. The second-order valence-corrected chi connectivity index (χ2v) is 6.15. The zero-order valence-electron chi connectivity index (χ0n) is 12.5. The van der Waals surface area contributed by atoms with Crippen LogP contribution in [-0.2, 0) is 4.79 Å². The number of rotatable bonds is 3. The van der Waals surface area contributed by atoms with E-state index < -0.39 is 6.10 Å². The fourth-order valence-electron chi connectivity index (χ4n) is 3.57. The highest BCUT2D eigenvalue weighted by molar-refractivity contribution is 5.80. The van der Waals surface area contributed by atoms with Crippen molar-refractivity contribution in [3.05, 3.63) is 29.8 Å². The summed E-state index contributed by atoms with van der Waals surface area (Å²) in [6.45, 7) is 1.58. The molecule has 4 nitrogen and oxygen atoms in total. The average Bonchev–Trinajstić information content (AvgIpc) is 3.16. The topological polar surface area (TPSA) is 49.8 Å². The van der Waals surface area contributed by atoms with E-state index in [4.69, 9.17) is 4.74 Å². The Morgan fingerprint density at radius 3 is 2.62 bits per heavy atom. The third kappa shape index (κ3) is 2.91. The fourth-order valence-corrected chi connectivity index (χ4v) is 3.57. The molecule has 1 aliphatic carbocycles. The number of nitrogens with zero attached hydrogens (tertiary/aromatic N) is 1. The number of amides is 1. The van der Waals surface area contributed by atoms with Gasteiger partial charge in [-0.15, -0.1) is 0 Å². The Morgan fingerprint density at radius 2 is 2.00 bits per heavy atom. The number of aliphatic hydroxyl groups excluding tert-OH is 1. The van der Waals surface area contributed by atoms with Gasteiger partial charge in [0.1, 0.15) is 5.75 Å². The molecule has 2 aliphatic rings. The number of benzene rings is 1. The largest absolute Gasteiger partial charge is 0.497 e. The highest BCUT2D eigenvalue weighted by Crippen LogP contribution is 2.32. The third-order valence-electron chi connectivity index (χ3n) is 4.88. The van der Waals surface area contributed by atoms with E-state index in [9.17, 15) is 9.90 Å². The van der Waals surface area contributed by atoms with Crippen molar-refractivity contribution in [2.45, 2.75) is 37.7 Å².